The van der Waals surface area contributed by atoms with E-state index < -0.39 is 5.97 Å². The van der Waals surface area contributed by atoms with Crippen molar-refractivity contribution in [3.63, 3.8) is 0 Å². The van der Waals surface area contributed by atoms with Gasteiger partial charge in [-0.05, 0) is 30.2 Å². The molecule has 0 radical (unpaired) electrons. The topological polar surface area (TPSA) is 53.1 Å². The summed E-state index contributed by atoms with van der Waals surface area (Å²) >= 11 is 3.40. The van der Waals surface area contributed by atoms with Crippen molar-refractivity contribution in [2.75, 3.05) is 0 Å². The Morgan fingerprint density at radius 2 is 2.12 bits per heavy atom. The number of hydrogen-bond acceptors (Lipinski definition) is 1. The van der Waals surface area contributed by atoms with Crippen molar-refractivity contribution in [3.05, 3.63) is 34.4 Å². The maximum absolute atomic E-state index is 10.5. The zero-order valence-electron chi connectivity index (χ0n) is 9.96. The second-order valence-corrected chi connectivity index (χ2v) is 4.31. The smallest absolute Gasteiger partial charge is 0.303 e. The number of aryl methyl sites for hydroxylation is 1. The second kappa shape index (κ2) is 6.45. The first-order chi connectivity index (χ1) is 8.16. The third-order valence-electron chi connectivity index (χ3n) is 2.34. The van der Waals surface area contributed by atoms with Crippen LogP contribution in [-0.2, 0) is 11.2 Å². The van der Waals surface area contributed by atoms with Gasteiger partial charge in [0, 0.05) is 28.0 Å². The van der Waals surface area contributed by atoms with Crippen molar-refractivity contribution in [1.82, 2.24) is 4.98 Å². The van der Waals surface area contributed by atoms with E-state index >= 15 is 0 Å². The summed E-state index contributed by atoms with van der Waals surface area (Å²) in [6.45, 7) is 4.00. The minimum atomic E-state index is -0.764. The Morgan fingerprint density at radius 3 is 2.76 bits per heavy atom. The number of rotatable bonds is 3. The summed E-state index contributed by atoms with van der Waals surface area (Å²) in [4.78, 5) is 13.6. The number of fused-ring (bicyclic) bond motifs is 1. The number of carbonyl (C=O) groups is 1. The maximum Gasteiger partial charge on any atom is 0.303 e. The van der Waals surface area contributed by atoms with Gasteiger partial charge in [-0.3, -0.25) is 4.79 Å². The molecule has 17 heavy (non-hydrogen) atoms. The number of carboxylic acids is 1. The molecule has 0 amide bonds. The molecule has 0 bridgehead atoms. The van der Waals surface area contributed by atoms with Crippen molar-refractivity contribution in [1.29, 1.82) is 0 Å². The number of halogens is 1. The lowest BCUT2D eigenvalue weighted by Crippen LogP contribution is -1.96. The van der Waals surface area contributed by atoms with Gasteiger partial charge in [-0.25, -0.2) is 0 Å². The van der Waals surface area contributed by atoms with E-state index in [1.54, 1.807) is 0 Å². The van der Waals surface area contributed by atoms with E-state index in [1.165, 1.54) is 0 Å². The molecule has 0 atom stereocenters. The molecule has 0 saturated carbocycles. The van der Waals surface area contributed by atoms with E-state index in [9.17, 15) is 4.79 Å². The first kappa shape index (κ1) is 13.8. The van der Waals surface area contributed by atoms with Gasteiger partial charge < -0.3 is 10.1 Å². The lowest BCUT2D eigenvalue weighted by molar-refractivity contribution is -0.136. The normalized spacial score (nSPS) is 9.82. The minimum Gasteiger partial charge on any atom is -0.481 e. The number of H-pyrrole nitrogens is 1. The Hall–Kier alpha value is -1.29. The first-order valence-electron chi connectivity index (χ1n) is 5.64. The highest BCUT2D eigenvalue weighted by Gasteiger charge is 2.05. The molecule has 3 nitrogen and oxygen atoms in total. The average Bonchev–Trinajstić information content (AvgIpc) is 2.71. The molecule has 0 saturated heterocycles. The van der Waals surface area contributed by atoms with Crippen LogP contribution < -0.4 is 0 Å². The van der Waals surface area contributed by atoms with E-state index in [4.69, 9.17) is 5.11 Å². The van der Waals surface area contributed by atoms with Crippen molar-refractivity contribution >= 4 is 32.8 Å². The summed E-state index contributed by atoms with van der Waals surface area (Å²) < 4.78 is 1.01. The molecule has 0 spiro atoms. The summed E-state index contributed by atoms with van der Waals surface area (Å²) in [5.41, 5.74) is 2.09. The lowest BCUT2D eigenvalue weighted by atomic mass is 10.1. The molecule has 2 rings (SSSR count). The molecule has 0 aliphatic rings. The molecule has 0 aliphatic carbocycles. The number of aromatic nitrogens is 1. The molecular formula is C13H16BrNO2. The van der Waals surface area contributed by atoms with E-state index in [0.717, 1.165) is 20.9 Å². The molecule has 92 valence electrons. The van der Waals surface area contributed by atoms with Crippen LogP contribution in [0.25, 0.3) is 10.9 Å². The van der Waals surface area contributed by atoms with Crippen molar-refractivity contribution < 1.29 is 9.90 Å². The van der Waals surface area contributed by atoms with Crippen LogP contribution in [0.1, 0.15) is 25.8 Å². The fourth-order valence-corrected chi connectivity index (χ4v) is 1.96. The van der Waals surface area contributed by atoms with Gasteiger partial charge in [0.2, 0.25) is 0 Å². The van der Waals surface area contributed by atoms with Gasteiger partial charge >= 0.3 is 5.97 Å². The third-order valence-corrected chi connectivity index (χ3v) is 2.83. The standard InChI is InChI=1S/C11H10BrNO2.C2H6/c12-8-2-3-10-9(5-8)7(6-13-10)1-4-11(14)15;1-2/h2-3,5-6,13H,1,4H2,(H,14,15);1-2H3. The van der Waals surface area contributed by atoms with E-state index in [0.29, 0.717) is 6.42 Å². The van der Waals surface area contributed by atoms with Crippen molar-refractivity contribution in [2.45, 2.75) is 26.7 Å². The van der Waals surface area contributed by atoms with Gasteiger partial charge in [0.25, 0.3) is 0 Å². The fraction of sp³-hybridized carbons (Fsp3) is 0.308. The van der Waals surface area contributed by atoms with Gasteiger partial charge in [0.05, 0.1) is 0 Å². The minimum absolute atomic E-state index is 0.166. The van der Waals surface area contributed by atoms with Crippen LogP contribution in [0.2, 0.25) is 0 Å². The summed E-state index contributed by atoms with van der Waals surface area (Å²) in [5.74, 6) is -0.764. The predicted molar refractivity (Wildman–Crippen MR) is 73.3 cm³/mol. The highest BCUT2D eigenvalue weighted by atomic mass is 79.9. The molecular weight excluding hydrogens is 282 g/mol. The summed E-state index contributed by atoms with van der Waals surface area (Å²) in [6, 6.07) is 5.94. The van der Waals surface area contributed by atoms with Crippen LogP contribution in [0.15, 0.2) is 28.9 Å². The molecule has 2 aromatic rings. The molecule has 1 aromatic carbocycles. The molecule has 4 heteroatoms. The molecule has 0 aliphatic heterocycles. The molecule has 0 unspecified atom stereocenters. The third kappa shape index (κ3) is 3.60. The highest BCUT2D eigenvalue weighted by molar-refractivity contribution is 9.10. The van der Waals surface area contributed by atoms with Crippen molar-refractivity contribution in [3.8, 4) is 0 Å². The number of aliphatic carboxylic acids is 1. The van der Waals surface area contributed by atoms with Crippen LogP contribution in [0, 0.1) is 0 Å². The number of aromatic amines is 1. The first-order valence-corrected chi connectivity index (χ1v) is 6.43. The number of hydrogen-bond donors (Lipinski definition) is 2. The van der Waals surface area contributed by atoms with Gasteiger partial charge in [-0.15, -0.1) is 0 Å². The lowest BCUT2D eigenvalue weighted by Gasteiger charge is -1.97. The number of benzene rings is 1. The largest absolute Gasteiger partial charge is 0.481 e. The van der Waals surface area contributed by atoms with E-state index in [-0.39, 0.29) is 6.42 Å². The van der Waals surface area contributed by atoms with Crippen LogP contribution in [0.3, 0.4) is 0 Å². The molecule has 0 fully saturated rings. The monoisotopic (exact) mass is 297 g/mol. The van der Waals surface area contributed by atoms with Gasteiger partial charge in [-0.1, -0.05) is 29.8 Å². The highest BCUT2D eigenvalue weighted by Crippen LogP contribution is 2.23. The summed E-state index contributed by atoms with van der Waals surface area (Å²) in [5, 5.41) is 9.71. The SMILES string of the molecule is CC.O=C(O)CCc1c[nH]c2ccc(Br)cc12. The molecule has 1 heterocycles. The van der Waals surface area contributed by atoms with Crippen LogP contribution >= 0.6 is 15.9 Å². The number of carboxylic acid groups (broad SMARTS) is 1. The quantitative estimate of drug-likeness (QED) is 0.900. The Balaban J connectivity index is 0.000000686. The van der Waals surface area contributed by atoms with Crippen LogP contribution in [-0.4, -0.2) is 16.1 Å². The fourth-order valence-electron chi connectivity index (χ4n) is 1.60. The molecule has 1 aromatic heterocycles. The predicted octanol–water partition coefficient (Wildman–Crippen LogP) is 3.97. The van der Waals surface area contributed by atoms with Gasteiger partial charge in [0.15, 0.2) is 0 Å². The summed E-state index contributed by atoms with van der Waals surface area (Å²) in [7, 11) is 0. The van der Waals surface area contributed by atoms with Gasteiger partial charge in [0.1, 0.15) is 0 Å². The second-order valence-electron chi connectivity index (χ2n) is 3.40. The Kier molecular flexibility index (Phi) is 5.22. The van der Waals surface area contributed by atoms with Crippen LogP contribution in [0.5, 0.6) is 0 Å². The van der Waals surface area contributed by atoms with Crippen LogP contribution in [0.4, 0.5) is 0 Å². The maximum atomic E-state index is 10.5. The van der Waals surface area contributed by atoms with Gasteiger partial charge in [-0.2, -0.15) is 0 Å². The van der Waals surface area contributed by atoms with E-state index in [1.807, 2.05) is 38.2 Å². The Morgan fingerprint density at radius 1 is 1.41 bits per heavy atom. The Labute approximate surface area is 109 Å². The number of nitrogens with one attached hydrogen (secondary N) is 1. The Bertz CT molecular complexity index is 505. The summed E-state index contributed by atoms with van der Waals surface area (Å²) in [6.07, 6.45) is 2.60. The molecule has 2 N–H and O–H groups in total. The van der Waals surface area contributed by atoms with Crippen molar-refractivity contribution in [2.24, 2.45) is 0 Å². The van der Waals surface area contributed by atoms with E-state index in [2.05, 4.69) is 20.9 Å². The average molecular weight is 298 g/mol. The zero-order chi connectivity index (χ0) is 12.8. The zero-order valence-corrected chi connectivity index (χ0v) is 11.5.